The van der Waals surface area contributed by atoms with E-state index in [0.717, 1.165) is 4.90 Å². The number of carbonyl (C=O) groups is 2. The van der Waals surface area contributed by atoms with Gasteiger partial charge in [-0.1, -0.05) is 11.6 Å². The van der Waals surface area contributed by atoms with E-state index in [0.29, 0.717) is 36.8 Å². The smallest absolute Gasteiger partial charge is 0.280 e. The molecule has 1 saturated heterocycles. The molecule has 1 fully saturated rings. The quantitative estimate of drug-likeness (QED) is 0.532. The van der Waals surface area contributed by atoms with Gasteiger partial charge in [-0.15, -0.1) is 11.8 Å². The van der Waals surface area contributed by atoms with Crippen LogP contribution in [0.4, 0.5) is 0 Å². The van der Waals surface area contributed by atoms with E-state index < -0.39 is 5.91 Å². The first-order chi connectivity index (χ1) is 15.4. The summed E-state index contributed by atoms with van der Waals surface area (Å²) >= 11 is 7.57. The van der Waals surface area contributed by atoms with Crippen LogP contribution in [0.15, 0.2) is 35.2 Å². The Morgan fingerprint density at radius 1 is 0.906 bits per heavy atom. The molecule has 172 valence electrons. The number of amides is 2. The first kappa shape index (κ1) is 23.9. The van der Waals surface area contributed by atoms with Crippen molar-refractivity contribution in [1.29, 1.82) is 0 Å². The number of rotatable bonds is 8. The summed E-state index contributed by atoms with van der Waals surface area (Å²) < 4.78 is 21.3. The molecule has 8 nitrogen and oxygen atoms in total. The van der Waals surface area contributed by atoms with Gasteiger partial charge in [0.2, 0.25) is 0 Å². The highest BCUT2D eigenvalue weighted by Gasteiger charge is 2.34. The van der Waals surface area contributed by atoms with Gasteiger partial charge in [0.15, 0.2) is 17.2 Å². The Bertz CT molecular complexity index is 1000. The number of halogens is 1. The van der Waals surface area contributed by atoms with E-state index in [4.69, 9.17) is 30.5 Å². The summed E-state index contributed by atoms with van der Waals surface area (Å²) in [5.41, 5.74) is 0.190. The Morgan fingerprint density at radius 3 is 2.22 bits per heavy atom. The molecule has 0 radical (unpaired) electrons. The molecule has 0 bridgehead atoms. The molecule has 1 aliphatic heterocycles. The predicted molar refractivity (Wildman–Crippen MR) is 122 cm³/mol. The lowest BCUT2D eigenvalue weighted by Gasteiger charge is -2.29. The molecular weight excluding hydrogens is 456 g/mol. The highest BCUT2D eigenvalue weighted by Crippen LogP contribution is 2.37. The first-order valence-corrected chi connectivity index (χ1v) is 11.2. The molecule has 10 heteroatoms. The van der Waals surface area contributed by atoms with E-state index >= 15 is 0 Å². The summed E-state index contributed by atoms with van der Waals surface area (Å²) in [4.78, 5) is 27.2. The van der Waals surface area contributed by atoms with Gasteiger partial charge in [-0.2, -0.15) is 0 Å². The van der Waals surface area contributed by atoms with Gasteiger partial charge < -0.3 is 18.9 Å². The first-order valence-electron chi connectivity index (χ1n) is 9.82. The zero-order valence-corrected chi connectivity index (χ0v) is 19.9. The van der Waals surface area contributed by atoms with Crippen molar-refractivity contribution in [2.24, 2.45) is 0 Å². The van der Waals surface area contributed by atoms with Crippen LogP contribution in [-0.4, -0.2) is 69.1 Å². The molecule has 0 aromatic heterocycles. The van der Waals surface area contributed by atoms with Gasteiger partial charge in [0.1, 0.15) is 11.3 Å². The average molecular weight is 481 g/mol. The molecule has 0 N–H and O–H groups in total. The van der Waals surface area contributed by atoms with Gasteiger partial charge in [0.25, 0.3) is 11.8 Å². The molecule has 0 saturated carbocycles. The van der Waals surface area contributed by atoms with Gasteiger partial charge in [0, 0.05) is 18.0 Å². The van der Waals surface area contributed by atoms with Crippen molar-refractivity contribution in [3.05, 3.63) is 40.9 Å². The molecule has 1 heterocycles. The summed E-state index contributed by atoms with van der Waals surface area (Å²) in [6.45, 7) is 0.854. The highest BCUT2D eigenvalue weighted by atomic mass is 35.5. The topological polar surface area (TPSA) is 77.5 Å². The summed E-state index contributed by atoms with van der Waals surface area (Å²) in [7, 11) is 6.02. The third kappa shape index (κ3) is 4.83. The number of carbonyl (C=O) groups excluding carboxylic acids is 2. The van der Waals surface area contributed by atoms with Crippen LogP contribution in [0.25, 0.3) is 0 Å². The number of hydrogen-bond acceptors (Lipinski definition) is 7. The lowest BCUT2D eigenvalue weighted by molar-refractivity contribution is -0.137. The molecule has 0 atom stereocenters. The van der Waals surface area contributed by atoms with Gasteiger partial charge in [-0.05, 0) is 36.8 Å². The van der Waals surface area contributed by atoms with Crippen LogP contribution in [0.3, 0.4) is 0 Å². The molecule has 2 aromatic carbocycles. The van der Waals surface area contributed by atoms with Crippen molar-refractivity contribution in [3.63, 3.8) is 0 Å². The third-order valence-electron chi connectivity index (χ3n) is 4.98. The number of benzene rings is 2. The van der Waals surface area contributed by atoms with Crippen LogP contribution in [0.2, 0.25) is 5.02 Å². The largest absolute Gasteiger partial charge is 0.496 e. The zero-order chi connectivity index (χ0) is 23.3. The summed E-state index contributed by atoms with van der Waals surface area (Å²) in [5, 5.41) is 3.18. The number of thioether (sulfide) groups is 1. The summed E-state index contributed by atoms with van der Waals surface area (Å²) in [6.07, 6.45) is 0.670. The summed E-state index contributed by atoms with van der Waals surface area (Å²) in [5.74, 6) is 1.32. The van der Waals surface area contributed by atoms with Crippen LogP contribution in [0.1, 0.15) is 16.8 Å². The van der Waals surface area contributed by atoms with Gasteiger partial charge >= 0.3 is 0 Å². The van der Waals surface area contributed by atoms with E-state index in [9.17, 15) is 9.59 Å². The number of hydrogen-bond donors (Lipinski definition) is 0. The SMILES string of the molecule is COc1ccc(SCC(=O)N2CCCN2C(=O)c2c(OC)ccc(Cl)c2OC)cc1OC. The fraction of sp³-hybridized carbons (Fsp3) is 0.364. The monoisotopic (exact) mass is 480 g/mol. The maximum atomic E-state index is 13.4. The molecule has 0 unspecified atom stereocenters. The fourth-order valence-electron chi connectivity index (χ4n) is 3.45. The lowest BCUT2D eigenvalue weighted by atomic mass is 10.1. The van der Waals surface area contributed by atoms with Crippen LogP contribution in [0.5, 0.6) is 23.0 Å². The Labute approximate surface area is 196 Å². The molecule has 0 spiro atoms. The van der Waals surface area contributed by atoms with Crippen molar-refractivity contribution in [3.8, 4) is 23.0 Å². The van der Waals surface area contributed by atoms with Gasteiger partial charge in [0.05, 0.1) is 39.2 Å². The number of methoxy groups -OCH3 is 4. The van der Waals surface area contributed by atoms with Crippen molar-refractivity contribution in [1.82, 2.24) is 10.0 Å². The third-order valence-corrected chi connectivity index (χ3v) is 6.26. The second-order valence-corrected chi connectivity index (χ2v) is 8.22. The lowest BCUT2D eigenvalue weighted by Crippen LogP contribution is -2.45. The average Bonchev–Trinajstić information content (AvgIpc) is 3.31. The number of nitrogens with zero attached hydrogens (tertiary/aromatic N) is 2. The van der Waals surface area contributed by atoms with E-state index in [1.54, 1.807) is 32.4 Å². The maximum absolute atomic E-state index is 13.4. The zero-order valence-electron chi connectivity index (χ0n) is 18.3. The van der Waals surface area contributed by atoms with Crippen LogP contribution in [0, 0.1) is 0 Å². The summed E-state index contributed by atoms with van der Waals surface area (Å²) in [6, 6.07) is 8.66. The minimum absolute atomic E-state index is 0.156. The molecule has 2 aromatic rings. The Hall–Kier alpha value is -2.78. The molecule has 2 amide bonds. The van der Waals surface area contributed by atoms with Gasteiger partial charge in [-0.3, -0.25) is 14.6 Å². The van der Waals surface area contributed by atoms with Crippen molar-refractivity contribution in [2.45, 2.75) is 11.3 Å². The van der Waals surface area contributed by atoms with Crippen LogP contribution < -0.4 is 18.9 Å². The van der Waals surface area contributed by atoms with Crippen LogP contribution in [-0.2, 0) is 4.79 Å². The second-order valence-electron chi connectivity index (χ2n) is 6.76. The Morgan fingerprint density at radius 2 is 1.56 bits per heavy atom. The Balaban J connectivity index is 1.77. The highest BCUT2D eigenvalue weighted by molar-refractivity contribution is 8.00. The molecular formula is C22H25ClN2O6S. The van der Waals surface area contributed by atoms with E-state index in [1.807, 2.05) is 12.1 Å². The molecule has 0 aliphatic carbocycles. The van der Waals surface area contributed by atoms with E-state index in [2.05, 4.69) is 0 Å². The van der Waals surface area contributed by atoms with E-state index in [1.165, 1.54) is 36.0 Å². The van der Waals surface area contributed by atoms with Crippen molar-refractivity contribution < 1.29 is 28.5 Å². The van der Waals surface area contributed by atoms with E-state index in [-0.39, 0.29) is 28.0 Å². The minimum atomic E-state index is -0.400. The predicted octanol–water partition coefficient (Wildman–Crippen LogP) is 3.76. The molecule has 1 aliphatic rings. The van der Waals surface area contributed by atoms with Crippen LogP contribution >= 0.6 is 23.4 Å². The normalized spacial score (nSPS) is 13.2. The maximum Gasteiger partial charge on any atom is 0.280 e. The fourth-order valence-corrected chi connectivity index (χ4v) is 4.48. The van der Waals surface area contributed by atoms with Crippen molar-refractivity contribution >= 4 is 35.2 Å². The molecule has 32 heavy (non-hydrogen) atoms. The Kier molecular flexibility index (Phi) is 7.98. The minimum Gasteiger partial charge on any atom is -0.496 e. The van der Waals surface area contributed by atoms with Crippen molar-refractivity contribution in [2.75, 3.05) is 47.3 Å². The standard InChI is InChI=1S/C22H25ClN2O6S/c1-28-16-8-6-14(12-18(16)30-3)32-13-19(26)24-10-5-11-25(24)22(27)20-17(29-2)9-7-15(23)21(20)31-4/h6-9,12H,5,10-11,13H2,1-4H3. The number of hydrazine groups is 1. The number of ether oxygens (including phenoxy) is 4. The van der Waals surface area contributed by atoms with Gasteiger partial charge in [-0.25, -0.2) is 5.01 Å². The molecule has 3 rings (SSSR count). The second kappa shape index (κ2) is 10.7.